The van der Waals surface area contributed by atoms with Crippen LogP contribution in [0.25, 0.3) is 0 Å². The minimum absolute atomic E-state index is 0.0971. The van der Waals surface area contributed by atoms with Crippen LogP contribution in [0.3, 0.4) is 0 Å². The van der Waals surface area contributed by atoms with Crippen LogP contribution in [-0.4, -0.2) is 28.9 Å². The second-order valence-electron chi connectivity index (χ2n) is 4.98. The molecule has 0 radical (unpaired) electrons. The molecule has 0 saturated carbocycles. The van der Waals surface area contributed by atoms with E-state index in [0.29, 0.717) is 12.6 Å². The summed E-state index contributed by atoms with van der Waals surface area (Å²) in [4.78, 5) is 0. The van der Waals surface area contributed by atoms with Crippen LogP contribution in [0.4, 0.5) is 0 Å². The van der Waals surface area contributed by atoms with Gasteiger partial charge in [-0.15, -0.1) is 0 Å². The van der Waals surface area contributed by atoms with Crippen molar-refractivity contribution in [1.29, 1.82) is 0 Å². The first-order valence-electron chi connectivity index (χ1n) is 6.31. The van der Waals surface area contributed by atoms with Crippen LogP contribution >= 0.6 is 0 Å². The Hall–Kier alpha value is -1.26. The quantitative estimate of drug-likeness (QED) is 0.682. The zero-order valence-electron chi connectivity index (χ0n) is 11.5. The third kappa shape index (κ3) is 4.55. The Morgan fingerprint density at radius 3 is 2.28 bits per heavy atom. The van der Waals surface area contributed by atoms with Gasteiger partial charge in [-0.3, -0.25) is 0 Å². The van der Waals surface area contributed by atoms with E-state index in [2.05, 4.69) is 19.2 Å². The van der Waals surface area contributed by atoms with Crippen LogP contribution in [0.5, 0.6) is 11.5 Å². The molecule has 1 aromatic carbocycles. The molecule has 1 atom stereocenters. The van der Waals surface area contributed by atoms with Crippen molar-refractivity contribution >= 4 is 0 Å². The maximum absolute atomic E-state index is 9.53. The summed E-state index contributed by atoms with van der Waals surface area (Å²) in [6.07, 6.45) is -0.0428. The van der Waals surface area contributed by atoms with Crippen LogP contribution in [0.2, 0.25) is 0 Å². The number of ether oxygens (including phenoxy) is 1. The number of phenols is 2. The van der Waals surface area contributed by atoms with Crippen molar-refractivity contribution in [3.05, 3.63) is 23.8 Å². The zero-order valence-corrected chi connectivity index (χ0v) is 11.5. The normalized spacial score (nSPS) is 13.2. The molecule has 0 aliphatic carbocycles. The van der Waals surface area contributed by atoms with E-state index in [-0.39, 0.29) is 23.7 Å². The summed E-state index contributed by atoms with van der Waals surface area (Å²) >= 11 is 0. The molecule has 4 heteroatoms. The number of hydrogen-bond acceptors (Lipinski definition) is 4. The number of rotatable bonds is 6. The first kappa shape index (κ1) is 14.8. The van der Waals surface area contributed by atoms with Crippen molar-refractivity contribution < 1.29 is 14.9 Å². The van der Waals surface area contributed by atoms with Gasteiger partial charge in [-0.25, -0.2) is 0 Å². The van der Waals surface area contributed by atoms with E-state index in [1.165, 1.54) is 6.07 Å². The summed E-state index contributed by atoms with van der Waals surface area (Å²) in [5.41, 5.74) is 0.854. The molecule has 1 aromatic rings. The fraction of sp³-hybridized carbons (Fsp3) is 0.571. The monoisotopic (exact) mass is 253 g/mol. The molecule has 3 N–H and O–H groups in total. The molecule has 0 aliphatic rings. The molecule has 0 fully saturated rings. The summed E-state index contributed by atoms with van der Waals surface area (Å²) in [6.45, 7) is 8.76. The summed E-state index contributed by atoms with van der Waals surface area (Å²) in [5.74, 6) is -0.228. The molecule has 1 rings (SSSR count). The predicted molar refractivity (Wildman–Crippen MR) is 71.9 cm³/mol. The van der Waals surface area contributed by atoms with Crippen molar-refractivity contribution in [3.63, 3.8) is 0 Å². The molecule has 0 spiro atoms. The molecule has 0 bridgehead atoms. The van der Waals surface area contributed by atoms with Gasteiger partial charge in [-0.1, -0.05) is 19.9 Å². The highest BCUT2D eigenvalue weighted by atomic mass is 16.5. The SMILES string of the molecule is CC(C)NCC(OC(C)C)c1ccc(O)c(O)c1. The molecule has 0 heterocycles. The van der Waals surface area contributed by atoms with Gasteiger partial charge in [-0.2, -0.15) is 0 Å². The largest absolute Gasteiger partial charge is 0.504 e. The molecule has 0 aromatic heterocycles. The third-order valence-electron chi connectivity index (χ3n) is 2.52. The van der Waals surface area contributed by atoms with Crippen molar-refractivity contribution in [2.24, 2.45) is 0 Å². The summed E-state index contributed by atoms with van der Waals surface area (Å²) in [5, 5.41) is 22.2. The summed E-state index contributed by atoms with van der Waals surface area (Å²) < 4.78 is 5.83. The predicted octanol–water partition coefficient (Wildman–Crippen LogP) is 2.56. The smallest absolute Gasteiger partial charge is 0.157 e. The molecular weight excluding hydrogens is 230 g/mol. The lowest BCUT2D eigenvalue weighted by Gasteiger charge is -2.23. The number of hydrogen-bond donors (Lipinski definition) is 3. The van der Waals surface area contributed by atoms with Gasteiger partial charge < -0.3 is 20.3 Å². The van der Waals surface area contributed by atoms with Crippen molar-refractivity contribution in [2.75, 3.05) is 6.54 Å². The molecule has 4 nitrogen and oxygen atoms in total. The fourth-order valence-corrected chi connectivity index (χ4v) is 1.66. The fourth-order valence-electron chi connectivity index (χ4n) is 1.66. The van der Waals surface area contributed by atoms with Gasteiger partial charge in [0, 0.05) is 12.6 Å². The van der Waals surface area contributed by atoms with E-state index in [9.17, 15) is 10.2 Å². The van der Waals surface area contributed by atoms with E-state index in [4.69, 9.17) is 4.74 Å². The summed E-state index contributed by atoms with van der Waals surface area (Å²) in [7, 11) is 0. The van der Waals surface area contributed by atoms with Crippen molar-refractivity contribution in [2.45, 2.75) is 45.9 Å². The Kier molecular flexibility index (Phi) is 5.44. The first-order chi connectivity index (χ1) is 8.40. The molecule has 0 aliphatic heterocycles. The molecule has 0 amide bonds. The Labute approximate surface area is 109 Å². The van der Waals surface area contributed by atoms with Crippen LogP contribution in [0, 0.1) is 0 Å². The maximum Gasteiger partial charge on any atom is 0.157 e. The van der Waals surface area contributed by atoms with E-state index >= 15 is 0 Å². The van der Waals surface area contributed by atoms with Gasteiger partial charge in [0.15, 0.2) is 11.5 Å². The summed E-state index contributed by atoms with van der Waals surface area (Å²) in [6, 6.07) is 5.17. The van der Waals surface area contributed by atoms with E-state index < -0.39 is 0 Å². The van der Waals surface area contributed by atoms with Crippen LogP contribution < -0.4 is 5.32 Å². The van der Waals surface area contributed by atoms with Gasteiger partial charge in [0.1, 0.15) is 0 Å². The lowest BCUT2D eigenvalue weighted by atomic mass is 10.1. The Bertz CT molecular complexity index is 377. The van der Waals surface area contributed by atoms with E-state index in [1.807, 2.05) is 13.8 Å². The second kappa shape index (κ2) is 6.61. The van der Waals surface area contributed by atoms with Gasteiger partial charge in [0.25, 0.3) is 0 Å². The van der Waals surface area contributed by atoms with Gasteiger partial charge in [0.05, 0.1) is 12.2 Å². The Balaban J connectivity index is 2.83. The van der Waals surface area contributed by atoms with Crippen molar-refractivity contribution in [3.8, 4) is 11.5 Å². The van der Waals surface area contributed by atoms with Crippen LogP contribution in [-0.2, 0) is 4.74 Å². The number of benzene rings is 1. The zero-order chi connectivity index (χ0) is 13.7. The first-order valence-corrected chi connectivity index (χ1v) is 6.31. The maximum atomic E-state index is 9.53. The minimum atomic E-state index is -0.140. The second-order valence-corrected chi connectivity index (χ2v) is 4.98. The van der Waals surface area contributed by atoms with Crippen LogP contribution in [0.1, 0.15) is 39.4 Å². The molecule has 0 saturated heterocycles. The molecule has 102 valence electrons. The lowest BCUT2D eigenvalue weighted by Crippen LogP contribution is -2.30. The highest BCUT2D eigenvalue weighted by molar-refractivity contribution is 5.41. The van der Waals surface area contributed by atoms with Crippen LogP contribution in [0.15, 0.2) is 18.2 Å². The van der Waals surface area contributed by atoms with E-state index in [1.54, 1.807) is 12.1 Å². The number of aromatic hydroxyl groups is 2. The highest BCUT2D eigenvalue weighted by Crippen LogP contribution is 2.29. The van der Waals surface area contributed by atoms with Gasteiger partial charge in [-0.05, 0) is 31.5 Å². The average Bonchev–Trinajstić information content (AvgIpc) is 2.27. The standard InChI is InChI=1S/C14H23NO3/c1-9(2)15-8-14(18-10(3)4)11-5-6-12(16)13(17)7-11/h5-7,9-10,14-17H,8H2,1-4H3. The minimum Gasteiger partial charge on any atom is -0.504 e. The average molecular weight is 253 g/mol. The van der Waals surface area contributed by atoms with Crippen molar-refractivity contribution in [1.82, 2.24) is 5.32 Å². The van der Waals surface area contributed by atoms with E-state index in [0.717, 1.165) is 5.56 Å². The lowest BCUT2D eigenvalue weighted by molar-refractivity contribution is 0.00605. The highest BCUT2D eigenvalue weighted by Gasteiger charge is 2.15. The Morgan fingerprint density at radius 2 is 1.78 bits per heavy atom. The number of phenolic OH excluding ortho intramolecular Hbond substituents is 2. The molecule has 18 heavy (non-hydrogen) atoms. The van der Waals surface area contributed by atoms with Gasteiger partial charge >= 0.3 is 0 Å². The molecule has 1 unspecified atom stereocenters. The number of nitrogens with one attached hydrogen (secondary N) is 1. The van der Waals surface area contributed by atoms with Gasteiger partial charge in [0.2, 0.25) is 0 Å². The Morgan fingerprint density at radius 1 is 1.11 bits per heavy atom. The third-order valence-corrected chi connectivity index (χ3v) is 2.52. The topological polar surface area (TPSA) is 61.7 Å². The molecular formula is C14H23NO3.